The quantitative estimate of drug-likeness (QED) is 0.271. The first-order valence-corrected chi connectivity index (χ1v) is 15.9. The maximum atomic E-state index is 13.5. The molecule has 0 radical (unpaired) electrons. The normalized spacial score (nSPS) is 21.7. The van der Waals surface area contributed by atoms with Gasteiger partial charge in [0.1, 0.15) is 11.6 Å². The minimum atomic E-state index is -0.335. The van der Waals surface area contributed by atoms with Gasteiger partial charge in [0.2, 0.25) is 0 Å². The number of ketones is 1. The van der Waals surface area contributed by atoms with Crippen molar-refractivity contribution in [2.75, 3.05) is 0 Å². The number of carbonyl (C=O) groups is 1. The maximum absolute atomic E-state index is 13.5. The predicted molar refractivity (Wildman–Crippen MR) is 161 cm³/mol. The summed E-state index contributed by atoms with van der Waals surface area (Å²) in [5.74, 6) is 0.741. The van der Waals surface area contributed by atoms with E-state index in [0.29, 0.717) is 24.5 Å². The first kappa shape index (κ1) is 28.1. The van der Waals surface area contributed by atoms with Crippen molar-refractivity contribution in [3.63, 3.8) is 0 Å². The molecule has 6 heterocycles. The van der Waals surface area contributed by atoms with Crippen LogP contribution in [0.2, 0.25) is 0 Å². The smallest absolute Gasteiger partial charge is 0.142 e. The van der Waals surface area contributed by atoms with Crippen molar-refractivity contribution in [2.24, 2.45) is 11.8 Å². The number of fused-ring (bicyclic) bond motifs is 6. The molecule has 224 valence electrons. The Labute approximate surface area is 251 Å². The maximum Gasteiger partial charge on any atom is 0.142 e. The lowest BCUT2D eigenvalue weighted by atomic mass is 9.83. The zero-order valence-electron chi connectivity index (χ0n) is 24.5. The molecular formula is C34H39FN6O2. The Bertz CT molecular complexity index is 1580. The number of hydrogen-bond donors (Lipinski definition) is 1. The van der Waals surface area contributed by atoms with Crippen LogP contribution in [0.1, 0.15) is 100 Å². The summed E-state index contributed by atoms with van der Waals surface area (Å²) in [7, 11) is 0. The highest BCUT2D eigenvalue weighted by molar-refractivity contribution is 5.83. The van der Waals surface area contributed by atoms with Gasteiger partial charge in [-0.25, -0.2) is 14.4 Å². The molecular weight excluding hydrogens is 543 g/mol. The fourth-order valence-electron chi connectivity index (χ4n) is 7.79. The Morgan fingerprint density at radius 2 is 1.53 bits per heavy atom. The molecule has 0 aromatic carbocycles. The van der Waals surface area contributed by atoms with Crippen LogP contribution in [-0.2, 0) is 4.79 Å². The Morgan fingerprint density at radius 3 is 2.28 bits per heavy atom. The predicted octanol–water partition coefficient (Wildman–Crippen LogP) is 6.71. The summed E-state index contributed by atoms with van der Waals surface area (Å²) in [5, 5.41) is 10.6. The molecule has 2 aliphatic heterocycles. The highest BCUT2D eigenvalue weighted by Gasteiger charge is 2.35. The Balaban J connectivity index is 0.000000140. The Morgan fingerprint density at radius 1 is 0.860 bits per heavy atom. The number of carbonyl (C=O) groups excluding carboxylic acids is 1. The SMILES string of the molecule is O=C(CC1c2ccncc2-c2cncn21)C1CCCCC1.OC(CC1c2ncc(F)cc2-c2cncn21)C1CCCCC1. The average Bonchev–Trinajstić information content (AvgIpc) is 3.83. The number of aliphatic hydroxyl groups is 1. The third kappa shape index (κ3) is 5.44. The summed E-state index contributed by atoms with van der Waals surface area (Å²) < 4.78 is 17.7. The van der Waals surface area contributed by atoms with E-state index in [9.17, 15) is 14.3 Å². The van der Waals surface area contributed by atoms with Crippen molar-refractivity contribution in [2.45, 2.75) is 95.2 Å². The van der Waals surface area contributed by atoms with Crippen LogP contribution in [0.3, 0.4) is 0 Å². The lowest BCUT2D eigenvalue weighted by Gasteiger charge is -2.28. The largest absolute Gasteiger partial charge is 0.393 e. The first-order chi connectivity index (χ1) is 21.1. The van der Waals surface area contributed by atoms with Gasteiger partial charge in [0.05, 0.1) is 66.5 Å². The van der Waals surface area contributed by atoms with E-state index in [4.69, 9.17) is 0 Å². The highest BCUT2D eigenvalue weighted by atomic mass is 19.1. The first-order valence-electron chi connectivity index (χ1n) is 15.9. The third-order valence-electron chi connectivity index (χ3n) is 10.1. The molecule has 2 saturated carbocycles. The number of pyridine rings is 2. The molecule has 4 aliphatic rings. The molecule has 8 rings (SSSR count). The Kier molecular flexibility index (Phi) is 7.91. The monoisotopic (exact) mass is 582 g/mol. The summed E-state index contributed by atoms with van der Waals surface area (Å²) >= 11 is 0. The summed E-state index contributed by atoms with van der Waals surface area (Å²) in [6.07, 6.45) is 24.8. The molecule has 4 aromatic heterocycles. The second kappa shape index (κ2) is 12.1. The molecule has 3 unspecified atom stereocenters. The van der Waals surface area contributed by atoms with E-state index in [0.717, 1.165) is 53.9 Å². The fraction of sp³-hybridized carbons (Fsp3) is 0.500. The molecule has 1 N–H and O–H groups in total. The van der Waals surface area contributed by atoms with E-state index in [1.54, 1.807) is 12.5 Å². The molecule has 0 spiro atoms. The average molecular weight is 583 g/mol. The zero-order chi connectivity index (χ0) is 29.3. The number of nitrogens with zero attached hydrogens (tertiary/aromatic N) is 6. The number of aromatic nitrogens is 6. The van der Waals surface area contributed by atoms with Gasteiger partial charge in [-0.05, 0) is 49.3 Å². The van der Waals surface area contributed by atoms with Crippen LogP contribution in [0, 0.1) is 17.7 Å². The molecule has 4 aromatic rings. The number of Topliss-reactive ketones (excluding diaryl/α,β-unsaturated/α-hetero) is 1. The summed E-state index contributed by atoms with van der Waals surface area (Å²) in [4.78, 5) is 29.6. The van der Waals surface area contributed by atoms with Crippen LogP contribution in [0.4, 0.5) is 4.39 Å². The molecule has 8 nitrogen and oxygen atoms in total. The number of aliphatic hydroxyl groups excluding tert-OH is 1. The molecule has 0 saturated heterocycles. The molecule has 0 amide bonds. The van der Waals surface area contributed by atoms with Crippen LogP contribution >= 0.6 is 0 Å². The van der Waals surface area contributed by atoms with Crippen molar-refractivity contribution in [3.05, 3.63) is 72.8 Å². The Hall–Kier alpha value is -3.72. The van der Waals surface area contributed by atoms with Gasteiger partial charge in [0.15, 0.2) is 0 Å². The molecule has 0 bridgehead atoms. The van der Waals surface area contributed by atoms with Gasteiger partial charge in [-0.3, -0.25) is 14.8 Å². The van der Waals surface area contributed by atoms with E-state index in [2.05, 4.69) is 24.5 Å². The second-order valence-corrected chi connectivity index (χ2v) is 12.7. The van der Waals surface area contributed by atoms with Crippen LogP contribution in [0.5, 0.6) is 0 Å². The number of hydrogen-bond acceptors (Lipinski definition) is 6. The minimum absolute atomic E-state index is 0.0370. The van der Waals surface area contributed by atoms with Crippen molar-refractivity contribution in [3.8, 4) is 22.5 Å². The van der Waals surface area contributed by atoms with Crippen molar-refractivity contribution in [1.29, 1.82) is 0 Å². The van der Waals surface area contributed by atoms with E-state index in [1.165, 1.54) is 56.4 Å². The van der Waals surface area contributed by atoms with Crippen LogP contribution in [0.25, 0.3) is 22.5 Å². The van der Waals surface area contributed by atoms with Gasteiger partial charge < -0.3 is 14.2 Å². The fourth-order valence-corrected chi connectivity index (χ4v) is 7.79. The van der Waals surface area contributed by atoms with Crippen molar-refractivity contribution >= 4 is 5.78 Å². The van der Waals surface area contributed by atoms with Gasteiger partial charge in [-0.2, -0.15) is 0 Å². The zero-order valence-corrected chi connectivity index (χ0v) is 24.5. The second-order valence-electron chi connectivity index (χ2n) is 12.7. The van der Waals surface area contributed by atoms with Gasteiger partial charge in [-0.1, -0.05) is 38.5 Å². The van der Waals surface area contributed by atoms with Crippen molar-refractivity contribution < 1.29 is 14.3 Å². The molecule has 43 heavy (non-hydrogen) atoms. The van der Waals surface area contributed by atoms with Gasteiger partial charge >= 0.3 is 0 Å². The standard InChI is InChI=1S/C17H20FN3O.C17H19N3O/c18-12-6-13-15-9-19-10-21(15)14(17(13)20-8-12)7-16(22)11-4-2-1-3-5-11;21-17(12-4-2-1-3-5-12)8-15-13-6-7-18-9-14(13)16-10-19-11-20(15)16/h6,8-11,14,16,22H,1-5,7H2;6-7,9-12,15H,1-5,8H2. The number of rotatable bonds is 6. The van der Waals surface area contributed by atoms with E-state index >= 15 is 0 Å². The number of imidazole rings is 2. The van der Waals surface area contributed by atoms with E-state index < -0.39 is 0 Å². The summed E-state index contributed by atoms with van der Waals surface area (Å²) in [5.41, 5.74) is 5.97. The van der Waals surface area contributed by atoms with Gasteiger partial charge in [0.25, 0.3) is 0 Å². The van der Waals surface area contributed by atoms with Crippen molar-refractivity contribution in [1.82, 2.24) is 29.1 Å². The van der Waals surface area contributed by atoms with Crippen LogP contribution in [-0.4, -0.2) is 46.1 Å². The minimum Gasteiger partial charge on any atom is -0.393 e. The van der Waals surface area contributed by atoms with Gasteiger partial charge in [0, 0.05) is 42.3 Å². The highest BCUT2D eigenvalue weighted by Crippen LogP contribution is 2.43. The van der Waals surface area contributed by atoms with E-state index in [-0.39, 0.29) is 29.9 Å². The number of halogens is 1. The van der Waals surface area contributed by atoms with Crippen LogP contribution in [0.15, 0.2) is 55.8 Å². The third-order valence-corrected chi connectivity index (χ3v) is 10.1. The lowest BCUT2D eigenvalue weighted by Crippen LogP contribution is -2.26. The molecule has 2 aliphatic carbocycles. The van der Waals surface area contributed by atoms with Gasteiger partial charge in [-0.15, -0.1) is 0 Å². The summed E-state index contributed by atoms with van der Waals surface area (Å²) in [6, 6.07) is 3.63. The van der Waals surface area contributed by atoms with E-state index in [1.807, 2.05) is 35.6 Å². The molecule has 3 atom stereocenters. The lowest BCUT2D eigenvalue weighted by molar-refractivity contribution is -0.124. The topological polar surface area (TPSA) is 98.7 Å². The summed E-state index contributed by atoms with van der Waals surface area (Å²) in [6.45, 7) is 0. The molecule has 2 fully saturated rings. The molecule has 9 heteroatoms. The van der Waals surface area contributed by atoms with Crippen LogP contribution < -0.4 is 0 Å².